The van der Waals surface area contributed by atoms with Gasteiger partial charge in [-0.3, -0.25) is 4.79 Å². The van der Waals surface area contributed by atoms with Gasteiger partial charge in [0.05, 0.1) is 39.0 Å². The number of aromatic amines is 1. The Hall–Kier alpha value is -5.09. The Kier molecular flexibility index (Phi) is 7.15. The minimum atomic E-state index is -0.296. The van der Waals surface area contributed by atoms with Crippen LogP contribution in [-0.2, 0) is 0 Å². The van der Waals surface area contributed by atoms with Crippen LogP contribution in [0.2, 0.25) is 0 Å². The predicted molar refractivity (Wildman–Crippen MR) is 168 cm³/mol. The number of benzene rings is 3. The van der Waals surface area contributed by atoms with Gasteiger partial charge in [0.25, 0.3) is 5.56 Å². The van der Waals surface area contributed by atoms with Crippen molar-refractivity contribution in [2.75, 3.05) is 48.6 Å². The second kappa shape index (κ2) is 11.0. The van der Waals surface area contributed by atoms with E-state index in [9.17, 15) is 15.0 Å². The topological polar surface area (TPSA) is 118 Å². The van der Waals surface area contributed by atoms with Gasteiger partial charge in [0.1, 0.15) is 5.52 Å². The Morgan fingerprint density at radius 1 is 0.814 bits per heavy atom. The smallest absolute Gasteiger partial charge is 0.273 e. The highest BCUT2D eigenvalue weighted by Gasteiger charge is 2.24. The van der Waals surface area contributed by atoms with E-state index in [1.165, 1.54) is 14.2 Å². The molecule has 0 saturated carbocycles. The summed E-state index contributed by atoms with van der Waals surface area (Å²) in [6.07, 6.45) is 2.63. The van der Waals surface area contributed by atoms with Crippen LogP contribution in [0.4, 0.5) is 0 Å². The predicted octanol–water partition coefficient (Wildman–Crippen LogP) is 5.52. The lowest BCUT2D eigenvalue weighted by molar-refractivity contribution is 0.268. The molecule has 0 aliphatic heterocycles. The molecule has 0 radical (unpaired) electrons. The van der Waals surface area contributed by atoms with Gasteiger partial charge in [-0.25, -0.2) is 0 Å². The van der Waals surface area contributed by atoms with Crippen LogP contribution in [0, 0.1) is 0 Å². The Balaban J connectivity index is 1.73. The number of phenolic OH excluding ortho intramolecular Hbond substituents is 2. The molecular weight excluding hydrogens is 550 g/mol. The summed E-state index contributed by atoms with van der Waals surface area (Å²) in [4.78, 5) is 19.0. The number of pyridine rings is 2. The fourth-order valence-electron chi connectivity index (χ4n) is 5.75. The average Bonchev–Trinajstić information content (AvgIpc) is 3.35. The lowest BCUT2D eigenvalue weighted by Gasteiger charge is -2.14. The fraction of sp³-hybridized carbons (Fsp3) is 0.242. The molecule has 6 aromatic rings. The number of methoxy groups -OCH3 is 3. The van der Waals surface area contributed by atoms with E-state index in [1.807, 2.05) is 36.7 Å². The lowest BCUT2D eigenvalue weighted by Crippen LogP contribution is -2.15. The van der Waals surface area contributed by atoms with E-state index in [-0.39, 0.29) is 17.1 Å². The SMILES string of the molecule is COc1ccc(-c2c3c4cc(OC)c(OCCCN(C)C)cc4[nH]c(=O)c3n3ccc4cc(O)c(OC)cc4c23)cc1O. The Labute approximate surface area is 247 Å². The Morgan fingerprint density at radius 2 is 1.53 bits per heavy atom. The quantitative estimate of drug-likeness (QED) is 0.191. The lowest BCUT2D eigenvalue weighted by atomic mass is 9.97. The first-order chi connectivity index (χ1) is 20.7. The summed E-state index contributed by atoms with van der Waals surface area (Å²) in [7, 11) is 8.58. The molecule has 43 heavy (non-hydrogen) atoms. The minimum absolute atomic E-state index is 0.00486. The monoisotopic (exact) mass is 583 g/mol. The average molecular weight is 584 g/mol. The van der Waals surface area contributed by atoms with Crippen molar-refractivity contribution in [1.82, 2.24) is 14.3 Å². The molecule has 3 aromatic heterocycles. The highest BCUT2D eigenvalue weighted by atomic mass is 16.5. The zero-order valence-electron chi connectivity index (χ0n) is 24.6. The Bertz CT molecular complexity index is 2080. The van der Waals surface area contributed by atoms with E-state index in [4.69, 9.17) is 18.9 Å². The highest BCUT2D eigenvalue weighted by Crippen LogP contribution is 2.45. The molecule has 0 aliphatic carbocycles. The van der Waals surface area contributed by atoms with Crippen LogP contribution < -0.4 is 24.5 Å². The summed E-state index contributed by atoms with van der Waals surface area (Å²) in [5, 5.41) is 24.2. The maximum Gasteiger partial charge on any atom is 0.273 e. The van der Waals surface area contributed by atoms with Gasteiger partial charge < -0.3 is 43.4 Å². The van der Waals surface area contributed by atoms with Gasteiger partial charge in [0.2, 0.25) is 0 Å². The zero-order valence-corrected chi connectivity index (χ0v) is 24.6. The summed E-state index contributed by atoms with van der Waals surface area (Å²) in [6.45, 7) is 1.36. The number of nitrogens with one attached hydrogen (secondary N) is 1. The van der Waals surface area contributed by atoms with Gasteiger partial charge in [-0.2, -0.15) is 0 Å². The molecule has 222 valence electrons. The largest absolute Gasteiger partial charge is 0.504 e. The molecule has 0 spiro atoms. The number of H-pyrrole nitrogens is 1. The number of aromatic nitrogens is 2. The van der Waals surface area contributed by atoms with Gasteiger partial charge in [-0.15, -0.1) is 0 Å². The highest BCUT2D eigenvalue weighted by molar-refractivity contribution is 6.22. The second-order valence-electron chi connectivity index (χ2n) is 10.6. The van der Waals surface area contributed by atoms with Gasteiger partial charge in [0.15, 0.2) is 34.5 Å². The van der Waals surface area contributed by atoms with Crippen LogP contribution in [0.3, 0.4) is 0 Å². The third-order valence-electron chi connectivity index (χ3n) is 7.73. The van der Waals surface area contributed by atoms with Crippen LogP contribution in [-0.4, -0.2) is 73.1 Å². The maximum absolute atomic E-state index is 13.8. The van der Waals surface area contributed by atoms with Gasteiger partial charge in [-0.05, 0) is 67.9 Å². The van der Waals surface area contributed by atoms with Crippen LogP contribution in [0.15, 0.2) is 59.5 Å². The number of hydrogen-bond acceptors (Lipinski definition) is 8. The van der Waals surface area contributed by atoms with Crippen molar-refractivity contribution < 1.29 is 29.2 Å². The third-order valence-corrected chi connectivity index (χ3v) is 7.73. The van der Waals surface area contributed by atoms with Crippen LogP contribution >= 0.6 is 0 Å². The van der Waals surface area contributed by atoms with Crippen molar-refractivity contribution in [1.29, 1.82) is 0 Å². The molecule has 3 N–H and O–H groups in total. The number of nitrogens with zero attached hydrogens (tertiary/aromatic N) is 2. The summed E-state index contributed by atoms with van der Waals surface area (Å²) >= 11 is 0. The van der Waals surface area contributed by atoms with Gasteiger partial charge in [-0.1, -0.05) is 6.07 Å². The van der Waals surface area contributed by atoms with Crippen LogP contribution in [0.5, 0.6) is 34.5 Å². The van der Waals surface area contributed by atoms with E-state index in [0.29, 0.717) is 62.7 Å². The molecule has 10 heteroatoms. The van der Waals surface area contributed by atoms with Crippen LogP contribution in [0.25, 0.3) is 49.2 Å². The number of phenols is 2. The van der Waals surface area contributed by atoms with Gasteiger partial charge in [0, 0.05) is 40.5 Å². The molecule has 0 unspecified atom stereocenters. The third kappa shape index (κ3) is 4.69. The van der Waals surface area contributed by atoms with Crippen molar-refractivity contribution in [3.8, 4) is 45.6 Å². The molecule has 10 nitrogen and oxygen atoms in total. The van der Waals surface area contributed by atoms with Crippen molar-refractivity contribution in [3.63, 3.8) is 0 Å². The molecule has 0 saturated heterocycles. The molecule has 3 heterocycles. The first-order valence-corrected chi connectivity index (χ1v) is 13.8. The molecular formula is C33H33N3O7. The summed E-state index contributed by atoms with van der Waals surface area (Å²) in [6, 6.07) is 14.0. The molecule has 3 aromatic carbocycles. The number of hydrogen-bond donors (Lipinski definition) is 3. The fourth-order valence-corrected chi connectivity index (χ4v) is 5.75. The molecule has 0 amide bonds. The normalized spacial score (nSPS) is 11.7. The summed E-state index contributed by atoms with van der Waals surface area (Å²) in [5.41, 5.74) is 2.79. The zero-order chi connectivity index (χ0) is 30.4. The molecule has 0 bridgehead atoms. The van der Waals surface area contributed by atoms with Crippen molar-refractivity contribution >= 4 is 38.1 Å². The number of rotatable bonds is 9. The number of aromatic hydroxyl groups is 2. The molecule has 0 fully saturated rings. The van der Waals surface area contributed by atoms with Crippen LogP contribution in [0.1, 0.15) is 6.42 Å². The van der Waals surface area contributed by atoms with Crippen molar-refractivity contribution in [2.45, 2.75) is 6.42 Å². The van der Waals surface area contributed by atoms with E-state index < -0.39 is 0 Å². The van der Waals surface area contributed by atoms with E-state index in [1.54, 1.807) is 43.6 Å². The van der Waals surface area contributed by atoms with Gasteiger partial charge >= 0.3 is 0 Å². The Morgan fingerprint density at radius 3 is 2.23 bits per heavy atom. The second-order valence-corrected chi connectivity index (χ2v) is 10.6. The summed E-state index contributed by atoms with van der Waals surface area (Å²) in [5.74, 6) is 1.65. The molecule has 0 aliphatic rings. The minimum Gasteiger partial charge on any atom is -0.504 e. The van der Waals surface area contributed by atoms with Crippen molar-refractivity contribution in [3.05, 3.63) is 65.1 Å². The number of ether oxygens (including phenoxy) is 4. The van der Waals surface area contributed by atoms with E-state index in [0.717, 1.165) is 29.1 Å². The van der Waals surface area contributed by atoms with E-state index in [2.05, 4.69) is 9.88 Å². The standard InChI is InChI=1S/C33H33N3O7/c1-35(2)10-6-12-43-28-17-22-21(16-27(28)42-5)30-29(19-7-8-25(40-3)23(37)14-19)31-20-15-26(41-4)24(38)13-18(20)9-11-36(31)32(30)33(39)34-22/h7-9,11,13-17,37-38H,6,10,12H2,1-5H3,(H,34,39). The number of fused-ring (bicyclic) bond motifs is 7. The molecule has 0 atom stereocenters. The molecule has 6 rings (SSSR count). The maximum atomic E-state index is 13.8. The summed E-state index contributed by atoms with van der Waals surface area (Å²) < 4.78 is 24.4. The van der Waals surface area contributed by atoms with E-state index >= 15 is 0 Å². The first-order valence-electron chi connectivity index (χ1n) is 13.8. The van der Waals surface area contributed by atoms with Crippen molar-refractivity contribution in [2.24, 2.45) is 0 Å². The first kappa shape index (κ1) is 28.0.